The van der Waals surface area contributed by atoms with Crippen LogP contribution in [0.5, 0.6) is 5.75 Å². The normalized spacial score (nSPS) is 14.8. The molecule has 0 saturated carbocycles. The van der Waals surface area contributed by atoms with Gasteiger partial charge in [0.25, 0.3) is 0 Å². The zero-order valence-corrected chi connectivity index (χ0v) is 17.5. The van der Waals surface area contributed by atoms with Crippen molar-refractivity contribution in [2.75, 3.05) is 5.73 Å². The molecule has 1 atom stereocenters. The SMILES string of the molecule is Cc1ccc2c(c1)C(C)Oc1cc(cnc1N)-c1c(C#N)nn(C)c1Cc1ccnn1-2. The topological polar surface area (TPSA) is 108 Å². The van der Waals surface area contributed by atoms with Gasteiger partial charge in [0.2, 0.25) is 0 Å². The van der Waals surface area contributed by atoms with Crippen molar-refractivity contribution in [1.29, 1.82) is 5.26 Å². The minimum Gasteiger partial charge on any atom is -0.482 e. The number of nitriles is 1. The lowest BCUT2D eigenvalue weighted by Gasteiger charge is -2.22. The summed E-state index contributed by atoms with van der Waals surface area (Å²) in [6.07, 6.45) is 3.69. The molecule has 2 N–H and O–H groups in total. The minimum absolute atomic E-state index is 0.297. The van der Waals surface area contributed by atoms with Crippen LogP contribution < -0.4 is 10.5 Å². The average Bonchev–Trinajstić information content (AvgIpc) is 3.33. The Labute approximate surface area is 179 Å². The fourth-order valence-corrected chi connectivity index (χ4v) is 4.13. The third kappa shape index (κ3) is 3.02. The van der Waals surface area contributed by atoms with Gasteiger partial charge in [0.15, 0.2) is 17.3 Å². The fraction of sp³-hybridized carbons (Fsp3) is 0.217. The Kier molecular flexibility index (Phi) is 4.26. The molecule has 8 heteroatoms. The van der Waals surface area contributed by atoms with Crippen molar-refractivity contribution >= 4 is 5.82 Å². The second kappa shape index (κ2) is 6.99. The van der Waals surface area contributed by atoms with Crippen LogP contribution in [0, 0.1) is 18.3 Å². The number of ether oxygens (including phenoxy) is 1. The summed E-state index contributed by atoms with van der Waals surface area (Å²) in [7, 11) is 1.84. The summed E-state index contributed by atoms with van der Waals surface area (Å²) < 4.78 is 9.96. The lowest BCUT2D eigenvalue weighted by Crippen LogP contribution is -2.14. The van der Waals surface area contributed by atoms with E-state index >= 15 is 0 Å². The first kappa shape index (κ1) is 18.9. The standard InChI is InChI=1S/C23H21N7O/c1-13-4-5-19-17(8-13)14(2)31-21-9-15(12-26-23(21)25)22-18(11-24)28-29(3)20(22)10-16-6-7-27-30(16)19/h4-9,12,14H,10H2,1-3H3,(H2,25,26). The van der Waals surface area contributed by atoms with E-state index in [1.807, 2.05) is 30.8 Å². The van der Waals surface area contributed by atoms with Gasteiger partial charge >= 0.3 is 0 Å². The minimum atomic E-state index is -0.297. The lowest BCUT2D eigenvalue weighted by molar-refractivity contribution is 0.227. The molecular weight excluding hydrogens is 390 g/mol. The Morgan fingerprint density at radius 3 is 2.90 bits per heavy atom. The van der Waals surface area contributed by atoms with Gasteiger partial charge in [0, 0.05) is 42.6 Å². The molecule has 1 aliphatic rings. The fourth-order valence-electron chi connectivity index (χ4n) is 4.13. The van der Waals surface area contributed by atoms with Gasteiger partial charge in [-0.15, -0.1) is 0 Å². The summed E-state index contributed by atoms with van der Waals surface area (Å²) in [4.78, 5) is 4.34. The average molecular weight is 411 g/mol. The highest BCUT2D eigenvalue weighted by atomic mass is 16.5. The van der Waals surface area contributed by atoms with E-state index in [1.54, 1.807) is 17.1 Å². The highest BCUT2D eigenvalue weighted by molar-refractivity contribution is 5.74. The third-order valence-corrected chi connectivity index (χ3v) is 5.66. The van der Waals surface area contributed by atoms with Crippen LogP contribution in [0.1, 0.15) is 41.2 Å². The number of fused-ring (bicyclic) bond motifs is 7. The monoisotopic (exact) mass is 411 g/mol. The first-order valence-electron chi connectivity index (χ1n) is 9.98. The molecule has 4 heterocycles. The van der Waals surface area contributed by atoms with Crippen LogP contribution in [0.25, 0.3) is 16.8 Å². The van der Waals surface area contributed by atoms with Gasteiger partial charge < -0.3 is 10.5 Å². The number of rotatable bonds is 0. The smallest absolute Gasteiger partial charge is 0.170 e. The van der Waals surface area contributed by atoms with Gasteiger partial charge in [-0.25, -0.2) is 9.67 Å². The van der Waals surface area contributed by atoms with Gasteiger partial charge in [0.1, 0.15) is 12.2 Å². The highest BCUT2D eigenvalue weighted by Crippen LogP contribution is 2.36. The van der Waals surface area contributed by atoms with Gasteiger partial charge in [-0.05, 0) is 32.0 Å². The zero-order chi connectivity index (χ0) is 21.7. The van der Waals surface area contributed by atoms with Gasteiger partial charge in [-0.3, -0.25) is 4.68 Å². The van der Waals surface area contributed by atoms with E-state index in [2.05, 4.69) is 46.4 Å². The van der Waals surface area contributed by atoms with Crippen LogP contribution in [0.15, 0.2) is 42.7 Å². The third-order valence-electron chi connectivity index (χ3n) is 5.66. The molecule has 5 rings (SSSR count). The van der Waals surface area contributed by atoms with E-state index in [4.69, 9.17) is 10.5 Å². The first-order chi connectivity index (χ1) is 15.0. The van der Waals surface area contributed by atoms with E-state index < -0.39 is 0 Å². The maximum Gasteiger partial charge on any atom is 0.170 e. The number of nitrogen functional groups attached to an aromatic ring is 1. The summed E-state index contributed by atoms with van der Waals surface area (Å²) in [5.74, 6) is 0.767. The number of pyridine rings is 1. The number of nitrogens with zero attached hydrogens (tertiary/aromatic N) is 6. The van der Waals surface area contributed by atoms with Crippen LogP contribution >= 0.6 is 0 Å². The van der Waals surface area contributed by atoms with E-state index in [0.717, 1.165) is 39.3 Å². The molecule has 154 valence electrons. The summed E-state index contributed by atoms with van der Waals surface area (Å²) >= 11 is 0. The number of hydrogen-bond acceptors (Lipinski definition) is 6. The predicted octanol–water partition coefficient (Wildman–Crippen LogP) is 3.47. The number of benzene rings is 1. The Bertz CT molecular complexity index is 1360. The van der Waals surface area contributed by atoms with Crippen molar-refractivity contribution in [3.05, 3.63) is 70.9 Å². The number of aromatic nitrogens is 5. The van der Waals surface area contributed by atoms with Gasteiger partial charge in [-0.2, -0.15) is 15.5 Å². The van der Waals surface area contributed by atoms with E-state index in [-0.39, 0.29) is 6.10 Å². The number of anilines is 1. The van der Waals surface area contributed by atoms with Crippen molar-refractivity contribution in [1.82, 2.24) is 24.5 Å². The Morgan fingerprint density at radius 1 is 1.26 bits per heavy atom. The maximum atomic E-state index is 9.72. The Hall–Kier alpha value is -4.12. The molecule has 0 saturated heterocycles. The molecule has 0 fully saturated rings. The van der Waals surface area contributed by atoms with Gasteiger partial charge in [-0.1, -0.05) is 17.7 Å². The first-order valence-corrected chi connectivity index (χ1v) is 9.98. The molecule has 0 spiro atoms. The van der Waals surface area contributed by atoms with Crippen molar-refractivity contribution in [3.63, 3.8) is 0 Å². The molecule has 3 aromatic heterocycles. The zero-order valence-electron chi connectivity index (χ0n) is 17.5. The molecular formula is C23H21N7O. The lowest BCUT2D eigenvalue weighted by atomic mass is 10.0. The Balaban J connectivity index is 1.83. The van der Waals surface area contributed by atoms with Gasteiger partial charge in [0.05, 0.1) is 17.1 Å². The van der Waals surface area contributed by atoms with Crippen LogP contribution in [-0.2, 0) is 13.5 Å². The summed E-state index contributed by atoms with van der Waals surface area (Å²) in [6.45, 7) is 4.03. The molecule has 1 unspecified atom stereocenters. The van der Waals surface area contributed by atoms with Crippen molar-refractivity contribution in [2.24, 2.45) is 7.05 Å². The van der Waals surface area contributed by atoms with E-state index in [0.29, 0.717) is 23.7 Å². The molecule has 0 aliphatic carbocycles. The molecule has 1 aromatic carbocycles. The summed E-state index contributed by atoms with van der Waals surface area (Å²) in [5.41, 5.74) is 12.9. The molecule has 0 amide bonds. The van der Waals surface area contributed by atoms with Crippen LogP contribution in [0.4, 0.5) is 5.82 Å². The largest absolute Gasteiger partial charge is 0.482 e. The van der Waals surface area contributed by atoms with Crippen molar-refractivity contribution in [3.8, 4) is 28.6 Å². The van der Waals surface area contributed by atoms with Crippen molar-refractivity contribution < 1.29 is 4.74 Å². The highest BCUT2D eigenvalue weighted by Gasteiger charge is 2.24. The van der Waals surface area contributed by atoms with E-state index in [1.165, 1.54) is 0 Å². The quantitative estimate of drug-likeness (QED) is 0.475. The number of aryl methyl sites for hydroxylation is 2. The molecule has 1 aliphatic heterocycles. The second-order valence-electron chi connectivity index (χ2n) is 7.75. The van der Waals surface area contributed by atoms with Crippen LogP contribution in [-0.4, -0.2) is 24.5 Å². The van der Waals surface area contributed by atoms with E-state index in [9.17, 15) is 5.26 Å². The van der Waals surface area contributed by atoms with Crippen LogP contribution in [0.2, 0.25) is 0 Å². The Morgan fingerprint density at radius 2 is 2.10 bits per heavy atom. The number of nitrogens with two attached hydrogens (primary N) is 1. The summed E-state index contributed by atoms with van der Waals surface area (Å²) in [6, 6.07) is 12.2. The second-order valence-corrected chi connectivity index (χ2v) is 7.75. The molecule has 8 nitrogen and oxygen atoms in total. The molecule has 4 aromatic rings. The maximum absolute atomic E-state index is 9.72. The van der Waals surface area contributed by atoms with Crippen LogP contribution in [0.3, 0.4) is 0 Å². The number of hydrogen-bond donors (Lipinski definition) is 1. The molecule has 2 bridgehead atoms. The van der Waals surface area contributed by atoms with Crippen molar-refractivity contribution in [2.45, 2.75) is 26.4 Å². The summed E-state index contributed by atoms with van der Waals surface area (Å²) in [5, 5.41) is 18.7. The predicted molar refractivity (Wildman–Crippen MR) is 116 cm³/mol. The molecule has 31 heavy (non-hydrogen) atoms. The molecule has 0 radical (unpaired) electrons.